The smallest absolute Gasteiger partial charge is 0.269 e. The minimum Gasteiger partial charge on any atom is -0.467 e. The number of hydrogen-bond acceptors (Lipinski definition) is 8. The van der Waals surface area contributed by atoms with Crippen LogP contribution in [0.1, 0.15) is 11.3 Å². The zero-order valence-corrected chi connectivity index (χ0v) is 13.5. The van der Waals surface area contributed by atoms with Gasteiger partial charge in [-0.25, -0.2) is 0 Å². The van der Waals surface area contributed by atoms with Crippen LogP contribution in [-0.2, 0) is 12.3 Å². The Labute approximate surface area is 139 Å². The number of anilines is 1. The van der Waals surface area contributed by atoms with E-state index in [4.69, 9.17) is 4.42 Å². The fraction of sp³-hybridized carbons (Fsp3) is 0.143. The summed E-state index contributed by atoms with van der Waals surface area (Å²) in [6.45, 7) is 0.553. The maximum Gasteiger partial charge on any atom is 0.269 e. The third-order valence-corrected chi connectivity index (χ3v) is 4.97. The van der Waals surface area contributed by atoms with E-state index >= 15 is 0 Å². The molecule has 0 aliphatic heterocycles. The number of furan rings is 1. The summed E-state index contributed by atoms with van der Waals surface area (Å²) in [4.78, 5) is 10.4. The van der Waals surface area contributed by atoms with Gasteiger partial charge in [0.2, 0.25) is 5.13 Å². The molecule has 2 heterocycles. The van der Waals surface area contributed by atoms with Crippen molar-refractivity contribution in [2.45, 2.75) is 16.6 Å². The van der Waals surface area contributed by atoms with Gasteiger partial charge in [-0.2, -0.15) is 0 Å². The van der Waals surface area contributed by atoms with Crippen LogP contribution in [0.15, 0.2) is 51.4 Å². The summed E-state index contributed by atoms with van der Waals surface area (Å²) in [5, 5.41) is 22.8. The average Bonchev–Trinajstić information content (AvgIpc) is 3.23. The average molecular weight is 348 g/mol. The number of nitro benzene ring substituents is 1. The summed E-state index contributed by atoms with van der Waals surface area (Å²) >= 11 is 2.94. The van der Waals surface area contributed by atoms with Crippen molar-refractivity contribution in [1.82, 2.24) is 10.2 Å². The second-order valence-corrected chi connectivity index (χ2v) is 6.72. The lowest BCUT2D eigenvalue weighted by Crippen LogP contribution is -1.96. The molecule has 9 heteroatoms. The van der Waals surface area contributed by atoms with Crippen molar-refractivity contribution >= 4 is 33.9 Å². The lowest BCUT2D eigenvalue weighted by atomic mass is 10.2. The van der Waals surface area contributed by atoms with Gasteiger partial charge in [-0.05, 0) is 17.7 Å². The Morgan fingerprint density at radius 3 is 3.00 bits per heavy atom. The summed E-state index contributed by atoms with van der Waals surface area (Å²) in [6.07, 6.45) is 1.62. The van der Waals surface area contributed by atoms with E-state index in [1.165, 1.54) is 29.2 Å². The molecule has 0 aliphatic rings. The first-order valence-electron chi connectivity index (χ1n) is 6.66. The summed E-state index contributed by atoms with van der Waals surface area (Å²) < 4.78 is 6.04. The van der Waals surface area contributed by atoms with Crippen LogP contribution in [0.2, 0.25) is 0 Å². The Morgan fingerprint density at radius 2 is 2.22 bits per heavy atom. The fourth-order valence-corrected chi connectivity index (χ4v) is 3.51. The van der Waals surface area contributed by atoms with Crippen molar-refractivity contribution < 1.29 is 9.34 Å². The van der Waals surface area contributed by atoms with E-state index in [1.54, 1.807) is 18.4 Å². The van der Waals surface area contributed by atoms with E-state index in [9.17, 15) is 10.1 Å². The van der Waals surface area contributed by atoms with Gasteiger partial charge in [-0.15, -0.1) is 10.2 Å². The van der Waals surface area contributed by atoms with Gasteiger partial charge >= 0.3 is 0 Å². The number of non-ortho nitro benzene ring substituents is 1. The molecule has 0 spiro atoms. The topological polar surface area (TPSA) is 94.1 Å². The van der Waals surface area contributed by atoms with E-state index in [0.717, 1.165) is 15.7 Å². The Bertz CT molecular complexity index is 789. The molecule has 0 saturated carbocycles. The number of benzene rings is 1. The molecule has 7 nitrogen and oxygen atoms in total. The molecule has 0 aliphatic carbocycles. The van der Waals surface area contributed by atoms with Crippen molar-refractivity contribution in [1.29, 1.82) is 0 Å². The summed E-state index contributed by atoms with van der Waals surface area (Å²) in [7, 11) is 0. The number of nitrogens with zero attached hydrogens (tertiary/aromatic N) is 3. The highest BCUT2D eigenvalue weighted by molar-refractivity contribution is 8.00. The van der Waals surface area contributed by atoms with Crippen LogP contribution in [0, 0.1) is 10.1 Å². The number of thioether (sulfide) groups is 1. The lowest BCUT2D eigenvalue weighted by molar-refractivity contribution is -0.384. The number of nitro groups is 1. The van der Waals surface area contributed by atoms with Gasteiger partial charge in [0.15, 0.2) is 4.34 Å². The maximum absolute atomic E-state index is 10.8. The van der Waals surface area contributed by atoms with Crippen LogP contribution in [0.5, 0.6) is 0 Å². The first-order chi connectivity index (χ1) is 11.2. The van der Waals surface area contributed by atoms with Gasteiger partial charge in [-0.3, -0.25) is 10.1 Å². The highest BCUT2D eigenvalue weighted by Gasteiger charge is 2.08. The summed E-state index contributed by atoms with van der Waals surface area (Å²) in [5.41, 5.74) is 0.977. The Balaban J connectivity index is 1.54. The SMILES string of the molecule is O=[N+]([O-])c1cccc(CSc2nnc(NCc3ccco3)s2)c1. The van der Waals surface area contributed by atoms with E-state index in [1.807, 2.05) is 18.2 Å². The van der Waals surface area contributed by atoms with Crippen LogP contribution < -0.4 is 5.32 Å². The van der Waals surface area contributed by atoms with Gasteiger partial charge < -0.3 is 9.73 Å². The molecule has 0 unspecified atom stereocenters. The maximum atomic E-state index is 10.8. The molecule has 1 N–H and O–H groups in total. The monoisotopic (exact) mass is 348 g/mol. The number of nitrogens with one attached hydrogen (secondary N) is 1. The van der Waals surface area contributed by atoms with E-state index < -0.39 is 4.92 Å². The largest absolute Gasteiger partial charge is 0.467 e. The molecule has 0 radical (unpaired) electrons. The van der Waals surface area contributed by atoms with E-state index in [-0.39, 0.29) is 5.69 Å². The van der Waals surface area contributed by atoms with Crippen molar-refractivity contribution in [2.75, 3.05) is 5.32 Å². The highest BCUT2D eigenvalue weighted by atomic mass is 32.2. The fourth-order valence-electron chi connectivity index (χ4n) is 1.82. The quantitative estimate of drug-likeness (QED) is 0.392. The molecule has 0 amide bonds. The number of hydrogen-bond donors (Lipinski definition) is 1. The molecule has 23 heavy (non-hydrogen) atoms. The van der Waals surface area contributed by atoms with E-state index in [2.05, 4.69) is 15.5 Å². The molecule has 2 aromatic heterocycles. The lowest BCUT2D eigenvalue weighted by Gasteiger charge is -1.99. The first-order valence-corrected chi connectivity index (χ1v) is 8.47. The molecule has 3 aromatic rings. The van der Waals surface area contributed by atoms with Crippen molar-refractivity contribution in [3.8, 4) is 0 Å². The Hall–Kier alpha value is -2.39. The predicted molar refractivity (Wildman–Crippen MR) is 88.6 cm³/mol. The van der Waals surface area contributed by atoms with Crippen LogP contribution in [0.25, 0.3) is 0 Å². The second-order valence-electron chi connectivity index (χ2n) is 4.52. The normalized spacial score (nSPS) is 10.6. The zero-order valence-electron chi connectivity index (χ0n) is 11.8. The van der Waals surface area contributed by atoms with Crippen molar-refractivity contribution in [2.24, 2.45) is 0 Å². The minimum absolute atomic E-state index is 0.0983. The summed E-state index contributed by atoms with van der Waals surface area (Å²) in [6, 6.07) is 10.3. The zero-order chi connectivity index (χ0) is 16.1. The van der Waals surface area contributed by atoms with Gasteiger partial charge in [0.1, 0.15) is 5.76 Å². The third-order valence-electron chi connectivity index (χ3n) is 2.88. The van der Waals surface area contributed by atoms with Crippen LogP contribution in [-0.4, -0.2) is 15.1 Å². The van der Waals surface area contributed by atoms with E-state index in [0.29, 0.717) is 17.4 Å². The molecular weight excluding hydrogens is 336 g/mol. The standard InChI is InChI=1S/C14H12N4O3S2/c19-18(20)11-4-1-3-10(7-11)9-22-14-17-16-13(23-14)15-8-12-5-2-6-21-12/h1-7H,8-9H2,(H,15,16). The second kappa shape index (κ2) is 7.25. The van der Waals surface area contributed by atoms with Gasteiger partial charge in [0.25, 0.3) is 5.69 Å². The molecule has 1 aromatic carbocycles. The van der Waals surface area contributed by atoms with Crippen LogP contribution in [0.4, 0.5) is 10.8 Å². The molecule has 0 saturated heterocycles. The number of aromatic nitrogens is 2. The number of rotatable bonds is 7. The molecule has 3 rings (SSSR count). The summed E-state index contributed by atoms with van der Waals surface area (Å²) in [5.74, 6) is 1.43. The van der Waals surface area contributed by atoms with Crippen molar-refractivity contribution in [3.05, 3.63) is 64.1 Å². The molecule has 118 valence electrons. The van der Waals surface area contributed by atoms with Crippen molar-refractivity contribution in [3.63, 3.8) is 0 Å². The highest BCUT2D eigenvalue weighted by Crippen LogP contribution is 2.29. The van der Waals surface area contributed by atoms with Gasteiger partial charge in [-0.1, -0.05) is 35.2 Å². The molecule has 0 atom stereocenters. The third kappa shape index (κ3) is 4.30. The van der Waals surface area contributed by atoms with Gasteiger partial charge in [0.05, 0.1) is 17.7 Å². The Kier molecular flexibility index (Phi) is 4.89. The molecule has 0 bridgehead atoms. The predicted octanol–water partition coefficient (Wildman–Crippen LogP) is 3.94. The molecule has 0 fully saturated rings. The Morgan fingerprint density at radius 1 is 1.30 bits per heavy atom. The first kappa shape index (κ1) is 15.5. The van der Waals surface area contributed by atoms with Gasteiger partial charge in [0, 0.05) is 17.9 Å². The minimum atomic E-state index is -0.393. The molecular formula is C14H12N4O3S2. The van der Waals surface area contributed by atoms with Crippen LogP contribution in [0.3, 0.4) is 0 Å². The van der Waals surface area contributed by atoms with Crippen LogP contribution >= 0.6 is 23.1 Å².